The molecule has 0 fully saturated rings. The lowest BCUT2D eigenvalue weighted by molar-refractivity contribution is -0.144. The predicted octanol–water partition coefficient (Wildman–Crippen LogP) is 1.61. The van der Waals surface area contributed by atoms with Gasteiger partial charge in [0, 0.05) is 12.4 Å². The molecule has 0 aliphatic rings. The van der Waals surface area contributed by atoms with Gasteiger partial charge in [0.15, 0.2) is 0 Å². The predicted molar refractivity (Wildman–Crippen MR) is 45.8 cm³/mol. The summed E-state index contributed by atoms with van der Waals surface area (Å²) in [5.74, 6) is -0.186. The van der Waals surface area contributed by atoms with E-state index in [1.807, 2.05) is 36.0 Å². The van der Waals surface area contributed by atoms with Gasteiger partial charge in [-0.05, 0) is 18.6 Å². The molecule has 1 atom stereocenters. The van der Waals surface area contributed by atoms with Crippen LogP contribution in [0, 0.1) is 0 Å². The van der Waals surface area contributed by atoms with Gasteiger partial charge in [0.1, 0.15) is 6.04 Å². The molecule has 0 radical (unpaired) electrons. The van der Waals surface area contributed by atoms with Crippen LogP contribution in [0.2, 0.25) is 0 Å². The molecule has 12 heavy (non-hydrogen) atoms. The first-order valence-electron chi connectivity index (χ1n) is 4.00. The van der Waals surface area contributed by atoms with Gasteiger partial charge >= 0.3 is 5.97 Å². The summed E-state index contributed by atoms with van der Waals surface area (Å²) < 4.78 is 6.52. The van der Waals surface area contributed by atoms with E-state index in [2.05, 4.69) is 4.74 Å². The first-order valence-corrected chi connectivity index (χ1v) is 4.00. The Kier molecular flexibility index (Phi) is 2.91. The van der Waals surface area contributed by atoms with Crippen LogP contribution in [-0.4, -0.2) is 17.6 Å². The molecule has 0 saturated carbocycles. The molecular weight excluding hydrogens is 154 g/mol. The number of methoxy groups -OCH3 is 1. The van der Waals surface area contributed by atoms with Crippen molar-refractivity contribution in [1.82, 2.24) is 4.57 Å². The minimum atomic E-state index is -0.186. The van der Waals surface area contributed by atoms with Crippen molar-refractivity contribution in [2.45, 2.75) is 19.4 Å². The van der Waals surface area contributed by atoms with Gasteiger partial charge in [-0.2, -0.15) is 0 Å². The Morgan fingerprint density at radius 2 is 2.08 bits per heavy atom. The highest BCUT2D eigenvalue weighted by molar-refractivity contribution is 5.73. The summed E-state index contributed by atoms with van der Waals surface area (Å²) in [4.78, 5) is 11.2. The molecule has 1 heterocycles. The van der Waals surface area contributed by atoms with Crippen molar-refractivity contribution >= 4 is 5.97 Å². The van der Waals surface area contributed by atoms with Crippen molar-refractivity contribution in [3.63, 3.8) is 0 Å². The molecule has 1 aromatic heterocycles. The fourth-order valence-electron chi connectivity index (χ4n) is 1.19. The minimum Gasteiger partial charge on any atom is -0.467 e. The molecule has 0 spiro atoms. The second kappa shape index (κ2) is 3.95. The summed E-state index contributed by atoms with van der Waals surface area (Å²) in [6, 6.07) is 3.61. The third-order valence-corrected chi connectivity index (χ3v) is 1.85. The Bertz CT molecular complexity index is 241. The van der Waals surface area contributed by atoms with E-state index in [4.69, 9.17) is 0 Å². The van der Waals surface area contributed by atoms with E-state index >= 15 is 0 Å². The van der Waals surface area contributed by atoms with Gasteiger partial charge in [-0.15, -0.1) is 0 Å². The first-order chi connectivity index (χ1) is 5.79. The topological polar surface area (TPSA) is 31.2 Å². The third kappa shape index (κ3) is 1.67. The van der Waals surface area contributed by atoms with Gasteiger partial charge in [-0.1, -0.05) is 6.92 Å². The number of hydrogen-bond acceptors (Lipinski definition) is 2. The molecule has 66 valence electrons. The summed E-state index contributed by atoms with van der Waals surface area (Å²) >= 11 is 0. The Hall–Kier alpha value is -1.25. The second-order valence-electron chi connectivity index (χ2n) is 2.58. The van der Waals surface area contributed by atoms with Gasteiger partial charge in [-0.3, -0.25) is 0 Å². The number of esters is 1. The molecule has 1 aromatic rings. The van der Waals surface area contributed by atoms with E-state index in [1.54, 1.807) is 0 Å². The van der Waals surface area contributed by atoms with E-state index < -0.39 is 0 Å². The number of carbonyl (C=O) groups is 1. The molecule has 0 bridgehead atoms. The molecule has 0 aromatic carbocycles. The van der Waals surface area contributed by atoms with E-state index in [9.17, 15) is 4.79 Å². The minimum absolute atomic E-state index is 0.176. The van der Waals surface area contributed by atoms with Crippen LogP contribution >= 0.6 is 0 Å². The molecule has 0 amide bonds. The Balaban J connectivity index is 2.76. The average molecular weight is 167 g/mol. The molecule has 0 aliphatic heterocycles. The quantitative estimate of drug-likeness (QED) is 0.640. The van der Waals surface area contributed by atoms with Crippen molar-refractivity contribution in [3.8, 4) is 0 Å². The zero-order chi connectivity index (χ0) is 8.97. The SMILES string of the molecule is CCC(C(=O)OC)n1cccc1. The number of carbonyl (C=O) groups excluding carboxylic acids is 1. The fourth-order valence-corrected chi connectivity index (χ4v) is 1.19. The van der Waals surface area contributed by atoms with Crippen LogP contribution < -0.4 is 0 Å². The average Bonchev–Trinajstić information content (AvgIpc) is 2.58. The summed E-state index contributed by atoms with van der Waals surface area (Å²) in [6.45, 7) is 1.96. The summed E-state index contributed by atoms with van der Waals surface area (Å²) in [5, 5.41) is 0. The second-order valence-corrected chi connectivity index (χ2v) is 2.58. The lowest BCUT2D eigenvalue weighted by Crippen LogP contribution is -2.18. The zero-order valence-corrected chi connectivity index (χ0v) is 7.36. The molecule has 3 heteroatoms. The molecule has 0 N–H and O–H groups in total. The lowest BCUT2D eigenvalue weighted by atomic mass is 10.2. The van der Waals surface area contributed by atoms with Crippen LogP contribution in [0.4, 0.5) is 0 Å². The van der Waals surface area contributed by atoms with E-state index in [0.29, 0.717) is 0 Å². The Labute approximate surface area is 72.0 Å². The maximum absolute atomic E-state index is 11.2. The highest BCUT2D eigenvalue weighted by Crippen LogP contribution is 2.12. The third-order valence-electron chi connectivity index (χ3n) is 1.85. The monoisotopic (exact) mass is 167 g/mol. The van der Waals surface area contributed by atoms with Gasteiger partial charge < -0.3 is 9.30 Å². The lowest BCUT2D eigenvalue weighted by Gasteiger charge is -2.13. The van der Waals surface area contributed by atoms with Crippen molar-refractivity contribution in [1.29, 1.82) is 0 Å². The maximum Gasteiger partial charge on any atom is 0.328 e. The van der Waals surface area contributed by atoms with Crippen LogP contribution in [0.3, 0.4) is 0 Å². The summed E-state index contributed by atoms with van der Waals surface area (Å²) in [6.07, 6.45) is 4.48. The van der Waals surface area contributed by atoms with Crippen molar-refractivity contribution in [2.24, 2.45) is 0 Å². The van der Waals surface area contributed by atoms with Crippen LogP contribution in [0.15, 0.2) is 24.5 Å². The zero-order valence-electron chi connectivity index (χ0n) is 7.36. The van der Waals surface area contributed by atoms with E-state index in [0.717, 1.165) is 6.42 Å². The number of ether oxygens (including phenoxy) is 1. The number of aromatic nitrogens is 1. The number of nitrogens with zero attached hydrogens (tertiary/aromatic N) is 1. The first kappa shape index (κ1) is 8.84. The van der Waals surface area contributed by atoms with Gasteiger partial charge in [0.2, 0.25) is 0 Å². The molecular formula is C9H13NO2. The van der Waals surface area contributed by atoms with Crippen LogP contribution in [0.5, 0.6) is 0 Å². The highest BCUT2D eigenvalue weighted by Gasteiger charge is 2.16. The van der Waals surface area contributed by atoms with Gasteiger partial charge in [-0.25, -0.2) is 4.79 Å². The molecule has 0 aliphatic carbocycles. The standard InChI is InChI=1S/C9H13NO2/c1-3-8(9(11)12-2)10-6-4-5-7-10/h4-8H,3H2,1-2H3. The van der Waals surface area contributed by atoms with Crippen LogP contribution in [0.25, 0.3) is 0 Å². The van der Waals surface area contributed by atoms with Crippen molar-refractivity contribution in [2.75, 3.05) is 7.11 Å². The Morgan fingerprint density at radius 3 is 2.50 bits per heavy atom. The number of rotatable bonds is 3. The smallest absolute Gasteiger partial charge is 0.328 e. The largest absolute Gasteiger partial charge is 0.467 e. The summed E-state index contributed by atoms with van der Waals surface area (Å²) in [7, 11) is 1.41. The molecule has 0 saturated heterocycles. The van der Waals surface area contributed by atoms with E-state index in [-0.39, 0.29) is 12.0 Å². The van der Waals surface area contributed by atoms with Crippen LogP contribution in [0.1, 0.15) is 19.4 Å². The Morgan fingerprint density at radius 1 is 1.50 bits per heavy atom. The fraction of sp³-hybridized carbons (Fsp3) is 0.444. The normalized spacial score (nSPS) is 12.5. The van der Waals surface area contributed by atoms with Crippen molar-refractivity contribution < 1.29 is 9.53 Å². The van der Waals surface area contributed by atoms with Gasteiger partial charge in [0.25, 0.3) is 0 Å². The summed E-state index contributed by atoms with van der Waals surface area (Å²) in [5.41, 5.74) is 0. The maximum atomic E-state index is 11.2. The molecule has 1 unspecified atom stereocenters. The highest BCUT2D eigenvalue weighted by atomic mass is 16.5. The van der Waals surface area contributed by atoms with E-state index in [1.165, 1.54) is 7.11 Å². The van der Waals surface area contributed by atoms with Gasteiger partial charge in [0.05, 0.1) is 7.11 Å². The van der Waals surface area contributed by atoms with Crippen LogP contribution in [-0.2, 0) is 9.53 Å². The van der Waals surface area contributed by atoms with Crippen molar-refractivity contribution in [3.05, 3.63) is 24.5 Å². The number of hydrogen-bond donors (Lipinski definition) is 0. The molecule has 1 rings (SSSR count). The molecule has 3 nitrogen and oxygen atoms in total.